The number of hydrogen-bond donors (Lipinski definition) is 3. The molecule has 0 aliphatic rings. The Kier molecular flexibility index (Phi) is 10.4. The Morgan fingerprint density at radius 3 is 1.60 bits per heavy atom. The second-order valence-corrected chi connectivity index (χ2v) is 9.08. The Morgan fingerprint density at radius 1 is 0.767 bits per heavy atom. The second kappa shape index (κ2) is 13.1. The zero-order valence-electron chi connectivity index (χ0n) is 16.8. The number of phenolic OH excluding ortho intramolecular Hbond substituents is 2. The van der Waals surface area contributed by atoms with E-state index < -0.39 is 5.91 Å². The summed E-state index contributed by atoms with van der Waals surface area (Å²) in [5, 5.41) is 18.7. The van der Waals surface area contributed by atoms with Gasteiger partial charge < -0.3 is 20.8 Å². The van der Waals surface area contributed by atoms with E-state index >= 15 is 0 Å². The maximum Gasteiger partial charge on any atom is 0.223 e. The molecular formula is C22H28N2O4S2. The monoisotopic (exact) mass is 448 g/mol. The van der Waals surface area contributed by atoms with E-state index in [9.17, 15) is 19.8 Å². The summed E-state index contributed by atoms with van der Waals surface area (Å²) >= 11 is 3.36. The van der Waals surface area contributed by atoms with E-state index in [1.807, 2.05) is 29.2 Å². The highest BCUT2D eigenvalue weighted by Crippen LogP contribution is 2.23. The molecule has 0 saturated heterocycles. The van der Waals surface area contributed by atoms with Crippen LogP contribution in [-0.4, -0.2) is 51.5 Å². The van der Waals surface area contributed by atoms with E-state index in [0.717, 1.165) is 34.1 Å². The number of hydrogen-bond acceptors (Lipinski definition) is 6. The van der Waals surface area contributed by atoms with Gasteiger partial charge in [-0.25, -0.2) is 0 Å². The van der Waals surface area contributed by atoms with Crippen molar-refractivity contribution < 1.29 is 19.8 Å². The van der Waals surface area contributed by atoms with Crippen LogP contribution in [-0.2, 0) is 9.59 Å². The fourth-order valence-electron chi connectivity index (χ4n) is 2.73. The fraction of sp³-hybridized carbons (Fsp3) is 0.364. The topological polar surface area (TPSA) is 104 Å². The van der Waals surface area contributed by atoms with E-state index in [0.29, 0.717) is 13.1 Å². The van der Waals surface area contributed by atoms with Gasteiger partial charge in [0.05, 0.1) is 0 Å². The van der Waals surface area contributed by atoms with Crippen molar-refractivity contribution in [3.63, 3.8) is 0 Å². The Balaban J connectivity index is 1.76. The number of aromatic hydroxyl groups is 2. The van der Waals surface area contributed by atoms with E-state index in [-0.39, 0.29) is 30.2 Å². The summed E-state index contributed by atoms with van der Waals surface area (Å²) in [7, 11) is 0. The van der Waals surface area contributed by atoms with Gasteiger partial charge in [0.25, 0.3) is 0 Å². The molecule has 2 rings (SSSR count). The maximum atomic E-state index is 12.5. The van der Waals surface area contributed by atoms with Crippen LogP contribution in [0.5, 0.6) is 11.5 Å². The van der Waals surface area contributed by atoms with Crippen LogP contribution in [0.1, 0.15) is 25.7 Å². The number of rotatable bonds is 13. The minimum atomic E-state index is -0.464. The lowest BCUT2D eigenvalue weighted by Crippen LogP contribution is -2.34. The normalized spacial score (nSPS) is 10.7. The molecule has 0 atom stereocenters. The highest BCUT2D eigenvalue weighted by atomic mass is 32.2. The van der Waals surface area contributed by atoms with Crippen molar-refractivity contribution >= 4 is 35.3 Å². The van der Waals surface area contributed by atoms with Gasteiger partial charge in [0.2, 0.25) is 11.8 Å². The summed E-state index contributed by atoms with van der Waals surface area (Å²) in [4.78, 5) is 27.5. The van der Waals surface area contributed by atoms with Crippen molar-refractivity contribution in [2.75, 3.05) is 24.6 Å². The van der Waals surface area contributed by atoms with Gasteiger partial charge >= 0.3 is 0 Å². The quantitative estimate of drug-likeness (QED) is 0.318. The second-order valence-electron chi connectivity index (χ2n) is 6.74. The van der Waals surface area contributed by atoms with Gasteiger partial charge in [-0.2, -0.15) is 0 Å². The van der Waals surface area contributed by atoms with E-state index in [4.69, 9.17) is 5.73 Å². The molecule has 4 N–H and O–H groups in total. The lowest BCUT2D eigenvalue weighted by atomic mass is 10.2. The van der Waals surface area contributed by atoms with E-state index in [1.54, 1.807) is 47.8 Å². The van der Waals surface area contributed by atoms with Crippen molar-refractivity contribution in [1.29, 1.82) is 0 Å². The molecular weight excluding hydrogens is 420 g/mol. The predicted octanol–water partition coefficient (Wildman–Crippen LogP) is 3.86. The first-order valence-corrected chi connectivity index (χ1v) is 11.8. The lowest BCUT2D eigenvalue weighted by molar-refractivity contribution is -0.133. The molecule has 0 fully saturated rings. The van der Waals surface area contributed by atoms with Gasteiger partial charge in [0.15, 0.2) is 0 Å². The Bertz CT molecular complexity index is 744. The summed E-state index contributed by atoms with van der Waals surface area (Å²) in [5.41, 5.74) is 5.18. The van der Waals surface area contributed by atoms with Gasteiger partial charge in [-0.15, -0.1) is 23.5 Å². The molecule has 0 aromatic heterocycles. The van der Waals surface area contributed by atoms with Crippen LogP contribution in [0.4, 0.5) is 0 Å². The number of amides is 2. The molecule has 0 unspecified atom stereocenters. The number of benzene rings is 2. The summed E-state index contributed by atoms with van der Waals surface area (Å²) in [6.45, 7) is 1.26. The predicted molar refractivity (Wildman–Crippen MR) is 122 cm³/mol. The average molecular weight is 449 g/mol. The van der Waals surface area contributed by atoms with Crippen molar-refractivity contribution in [1.82, 2.24) is 4.90 Å². The zero-order chi connectivity index (χ0) is 21.8. The van der Waals surface area contributed by atoms with Crippen molar-refractivity contribution in [2.24, 2.45) is 5.73 Å². The van der Waals surface area contributed by atoms with Crippen molar-refractivity contribution in [3.05, 3.63) is 48.5 Å². The Hall–Kier alpha value is -2.32. The third-order valence-corrected chi connectivity index (χ3v) is 6.49. The molecule has 2 aromatic carbocycles. The number of nitrogens with two attached hydrogens (primary N) is 1. The summed E-state index contributed by atoms with van der Waals surface area (Å²) in [6, 6.07) is 14.1. The minimum absolute atomic E-state index is 0.0435. The summed E-state index contributed by atoms with van der Waals surface area (Å²) in [5.74, 6) is 1.69. The standard InChI is InChI=1S/C22H28N2O4S2/c23-21(27)11-12-22(28)24(13-1-15-29-19-7-3-17(25)4-8-19)14-2-16-30-20-9-5-18(26)6-10-20/h3-10,25-26H,1-2,11-16H2,(H2,23,27). The largest absolute Gasteiger partial charge is 0.508 e. The molecule has 0 aliphatic heterocycles. The van der Waals surface area contributed by atoms with Gasteiger partial charge in [-0.1, -0.05) is 0 Å². The first-order chi connectivity index (χ1) is 14.4. The first kappa shape index (κ1) is 24.0. The average Bonchev–Trinajstić information content (AvgIpc) is 2.73. The molecule has 0 heterocycles. The van der Waals surface area contributed by atoms with Crippen LogP contribution >= 0.6 is 23.5 Å². The Labute approximate surface area is 185 Å². The number of nitrogens with zero attached hydrogens (tertiary/aromatic N) is 1. The molecule has 162 valence electrons. The van der Waals surface area contributed by atoms with Gasteiger partial charge in [-0.3, -0.25) is 9.59 Å². The molecule has 8 heteroatoms. The highest BCUT2D eigenvalue weighted by Gasteiger charge is 2.14. The molecule has 0 radical (unpaired) electrons. The van der Waals surface area contributed by atoms with Crippen LogP contribution in [0.25, 0.3) is 0 Å². The van der Waals surface area contributed by atoms with Gasteiger partial charge in [0, 0.05) is 35.7 Å². The number of thioether (sulfide) groups is 2. The van der Waals surface area contributed by atoms with Gasteiger partial charge in [0.1, 0.15) is 11.5 Å². The lowest BCUT2D eigenvalue weighted by Gasteiger charge is -2.22. The van der Waals surface area contributed by atoms with Crippen LogP contribution in [0.15, 0.2) is 58.3 Å². The third kappa shape index (κ3) is 9.45. The number of primary amides is 1. The van der Waals surface area contributed by atoms with E-state index in [1.165, 1.54) is 0 Å². The van der Waals surface area contributed by atoms with Crippen molar-refractivity contribution in [3.8, 4) is 11.5 Å². The smallest absolute Gasteiger partial charge is 0.223 e. The molecule has 0 aliphatic carbocycles. The molecule has 2 aromatic rings. The van der Waals surface area contributed by atoms with Crippen LogP contribution < -0.4 is 5.73 Å². The third-order valence-electron chi connectivity index (χ3n) is 4.29. The number of phenols is 2. The zero-order valence-corrected chi connectivity index (χ0v) is 18.5. The maximum absolute atomic E-state index is 12.5. The Morgan fingerprint density at radius 2 is 1.20 bits per heavy atom. The minimum Gasteiger partial charge on any atom is -0.508 e. The fourth-order valence-corrected chi connectivity index (χ4v) is 4.40. The van der Waals surface area contributed by atoms with E-state index in [2.05, 4.69) is 0 Å². The molecule has 6 nitrogen and oxygen atoms in total. The van der Waals surface area contributed by atoms with Crippen molar-refractivity contribution in [2.45, 2.75) is 35.5 Å². The van der Waals surface area contributed by atoms with Crippen LogP contribution in [0, 0.1) is 0 Å². The molecule has 0 spiro atoms. The molecule has 0 saturated carbocycles. The van der Waals surface area contributed by atoms with Crippen LogP contribution in [0.2, 0.25) is 0 Å². The first-order valence-electron chi connectivity index (χ1n) is 9.84. The van der Waals surface area contributed by atoms with Crippen LogP contribution in [0.3, 0.4) is 0 Å². The molecule has 30 heavy (non-hydrogen) atoms. The summed E-state index contributed by atoms with van der Waals surface area (Å²) < 4.78 is 0. The SMILES string of the molecule is NC(=O)CCC(=O)N(CCCSc1ccc(O)cc1)CCCSc1ccc(O)cc1. The molecule has 0 bridgehead atoms. The number of carbonyl (C=O) groups is 2. The number of carbonyl (C=O) groups excluding carboxylic acids is 2. The molecule has 2 amide bonds. The highest BCUT2D eigenvalue weighted by molar-refractivity contribution is 7.99. The summed E-state index contributed by atoms with van der Waals surface area (Å²) in [6.07, 6.45) is 1.88. The van der Waals surface area contributed by atoms with Gasteiger partial charge in [-0.05, 0) is 72.9 Å².